The molecule has 2 aromatic rings. The van der Waals surface area contributed by atoms with Gasteiger partial charge < -0.3 is 11.1 Å². The molecule has 0 aliphatic heterocycles. The Kier molecular flexibility index (Phi) is 4.42. The summed E-state index contributed by atoms with van der Waals surface area (Å²) in [5, 5.41) is 2.51. The number of nitrogens with one attached hydrogen (secondary N) is 1. The first-order valence-electron chi connectivity index (χ1n) is 5.67. The van der Waals surface area contributed by atoms with Crippen LogP contribution in [0.2, 0.25) is 0 Å². The Morgan fingerprint density at radius 2 is 2.10 bits per heavy atom. The number of nitrogens with two attached hydrogens (primary N) is 1. The lowest BCUT2D eigenvalue weighted by atomic mass is 10.2. The lowest BCUT2D eigenvalue weighted by Gasteiger charge is -2.10. The van der Waals surface area contributed by atoms with Crippen molar-refractivity contribution in [3.63, 3.8) is 0 Å². The molecule has 0 saturated carbocycles. The fraction of sp³-hybridized carbons (Fsp3) is 0.0833. The van der Waals surface area contributed by atoms with Gasteiger partial charge >= 0.3 is 0 Å². The van der Waals surface area contributed by atoms with Crippen molar-refractivity contribution in [1.29, 1.82) is 0 Å². The van der Waals surface area contributed by atoms with Gasteiger partial charge in [0.25, 0.3) is 5.91 Å². The quantitative estimate of drug-likeness (QED) is 0.572. The van der Waals surface area contributed by atoms with Gasteiger partial charge in [0.15, 0.2) is 0 Å². The Morgan fingerprint density at radius 3 is 2.67 bits per heavy atom. The number of hydrogen-bond donors (Lipinski definition) is 2. The molecule has 1 amide bonds. The van der Waals surface area contributed by atoms with E-state index in [0.29, 0.717) is 5.69 Å². The number of hydrogen-bond acceptors (Lipinski definition) is 6. The maximum absolute atomic E-state index is 11.5. The third kappa shape index (κ3) is 3.88. The van der Waals surface area contributed by atoms with Gasteiger partial charge in [-0.15, -0.1) is 0 Å². The Balaban J connectivity index is 2.51. The molecule has 3 N–H and O–H groups in total. The number of primary amides is 1. The molecule has 0 bridgehead atoms. The van der Waals surface area contributed by atoms with Crippen LogP contribution in [0.25, 0.3) is 0 Å². The van der Waals surface area contributed by atoms with Gasteiger partial charge in [-0.2, -0.15) is 4.98 Å². The monoisotopic (exact) mass is 418 g/mol. The number of sulfone groups is 1. The average Bonchev–Trinajstić information content (AvgIpc) is 2.37. The fourth-order valence-electron chi connectivity index (χ4n) is 1.52. The minimum Gasteiger partial charge on any atom is -0.365 e. The summed E-state index contributed by atoms with van der Waals surface area (Å²) in [5.41, 5.74) is 5.92. The third-order valence-corrected chi connectivity index (χ3v) is 3.98. The molecule has 0 aliphatic carbocycles. The van der Waals surface area contributed by atoms with Crippen LogP contribution in [0.3, 0.4) is 0 Å². The zero-order valence-electron chi connectivity index (χ0n) is 10.9. The van der Waals surface area contributed by atoms with Gasteiger partial charge in [0, 0.05) is 21.7 Å². The number of amides is 1. The highest BCUT2D eigenvalue weighted by Gasteiger charge is 2.17. The smallest absolute Gasteiger partial charge is 0.254 e. The summed E-state index contributed by atoms with van der Waals surface area (Å²) in [7, 11) is -3.58. The number of benzene rings is 1. The molecule has 1 heterocycles. The van der Waals surface area contributed by atoms with Crippen LogP contribution in [-0.4, -0.2) is 30.5 Å². The second kappa shape index (κ2) is 5.93. The number of rotatable bonds is 4. The van der Waals surface area contributed by atoms with E-state index in [-0.39, 0.29) is 16.5 Å². The van der Waals surface area contributed by atoms with Crippen molar-refractivity contribution in [2.75, 3.05) is 11.6 Å². The number of halogens is 1. The van der Waals surface area contributed by atoms with Crippen molar-refractivity contribution in [3.05, 3.63) is 39.6 Å². The normalized spacial score (nSPS) is 11.1. The first-order chi connectivity index (χ1) is 9.77. The SMILES string of the molecule is CS(=O)(=O)c1ncc(C(N)=O)c(Nc2cccc(I)c2)n1. The van der Waals surface area contributed by atoms with Gasteiger partial charge in [-0.05, 0) is 40.8 Å². The van der Waals surface area contributed by atoms with Gasteiger partial charge in [0.2, 0.25) is 15.0 Å². The number of anilines is 2. The summed E-state index contributed by atoms with van der Waals surface area (Å²) in [4.78, 5) is 18.9. The molecular weight excluding hydrogens is 407 g/mol. The van der Waals surface area contributed by atoms with E-state index < -0.39 is 15.7 Å². The third-order valence-electron chi connectivity index (χ3n) is 2.45. The Labute approximate surface area is 135 Å². The maximum Gasteiger partial charge on any atom is 0.254 e. The van der Waals surface area contributed by atoms with E-state index in [0.717, 1.165) is 16.0 Å². The number of carbonyl (C=O) groups excluding carboxylic acids is 1. The zero-order valence-corrected chi connectivity index (χ0v) is 13.8. The van der Waals surface area contributed by atoms with Gasteiger partial charge in [-0.1, -0.05) is 6.07 Å². The topological polar surface area (TPSA) is 115 Å². The van der Waals surface area contributed by atoms with Gasteiger partial charge in [-0.3, -0.25) is 4.79 Å². The van der Waals surface area contributed by atoms with Crippen molar-refractivity contribution in [2.24, 2.45) is 5.73 Å². The highest BCUT2D eigenvalue weighted by Crippen LogP contribution is 2.21. The molecule has 110 valence electrons. The number of carbonyl (C=O) groups is 1. The Hall–Kier alpha value is -1.75. The van der Waals surface area contributed by atoms with E-state index >= 15 is 0 Å². The first kappa shape index (κ1) is 15.6. The zero-order chi connectivity index (χ0) is 15.6. The second-order valence-corrected chi connectivity index (χ2v) is 7.34. The molecule has 0 fully saturated rings. The van der Waals surface area contributed by atoms with Crippen LogP contribution in [0.5, 0.6) is 0 Å². The van der Waals surface area contributed by atoms with E-state index in [1.165, 1.54) is 0 Å². The van der Waals surface area contributed by atoms with Crippen molar-refractivity contribution >= 4 is 49.8 Å². The molecule has 9 heteroatoms. The Bertz CT molecular complexity index is 808. The van der Waals surface area contributed by atoms with E-state index in [9.17, 15) is 13.2 Å². The maximum atomic E-state index is 11.5. The fourth-order valence-corrected chi connectivity index (χ4v) is 2.57. The lowest BCUT2D eigenvalue weighted by Crippen LogP contribution is -2.17. The van der Waals surface area contributed by atoms with Crippen LogP contribution in [0.4, 0.5) is 11.5 Å². The van der Waals surface area contributed by atoms with Crippen LogP contribution in [0, 0.1) is 3.57 Å². The standard InChI is InChI=1S/C12H11IN4O3S/c1-21(19,20)12-15-6-9(10(14)18)11(17-12)16-8-4-2-3-7(13)5-8/h2-6H,1H3,(H2,14,18)(H,15,16,17). The Morgan fingerprint density at radius 1 is 1.38 bits per heavy atom. The summed E-state index contributed by atoms with van der Waals surface area (Å²) in [6.07, 6.45) is 2.09. The second-order valence-electron chi connectivity index (χ2n) is 4.19. The van der Waals surface area contributed by atoms with Crippen molar-refractivity contribution in [2.45, 2.75) is 5.16 Å². The van der Waals surface area contributed by atoms with Crippen LogP contribution in [-0.2, 0) is 9.84 Å². The molecular formula is C12H11IN4O3S. The molecule has 1 aromatic heterocycles. The van der Waals surface area contributed by atoms with Crippen LogP contribution in [0.15, 0.2) is 35.6 Å². The van der Waals surface area contributed by atoms with E-state index in [1.807, 2.05) is 18.2 Å². The molecule has 1 aromatic carbocycles. The predicted octanol–water partition coefficient (Wildman–Crippen LogP) is 1.33. The molecule has 7 nitrogen and oxygen atoms in total. The van der Waals surface area contributed by atoms with E-state index in [1.54, 1.807) is 6.07 Å². The summed E-state index contributed by atoms with van der Waals surface area (Å²) in [5.74, 6) is -0.692. The van der Waals surface area contributed by atoms with Crippen LogP contribution >= 0.6 is 22.6 Å². The highest BCUT2D eigenvalue weighted by atomic mass is 127. The molecule has 0 saturated heterocycles. The summed E-state index contributed by atoms with van der Waals surface area (Å²) >= 11 is 2.13. The first-order valence-corrected chi connectivity index (χ1v) is 8.64. The van der Waals surface area contributed by atoms with E-state index in [4.69, 9.17) is 5.73 Å². The number of aromatic nitrogens is 2. The van der Waals surface area contributed by atoms with Crippen molar-refractivity contribution in [1.82, 2.24) is 9.97 Å². The lowest BCUT2D eigenvalue weighted by molar-refractivity contribution is 0.1000. The molecule has 0 aliphatic rings. The van der Waals surface area contributed by atoms with Crippen LogP contribution in [0.1, 0.15) is 10.4 Å². The highest BCUT2D eigenvalue weighted by molar-refractivity contribution is 14.1. The average molecular weight is 418 g/mol. The minimum absolute atomic E-state index is 0.0151. The summed E-state index contributed by atoms with van der Waals surface area (Å²) < 4.78 is 24.0. The van der Waals surface area contributed by atoms with Gasteiger partial charge in [0.05, 0.1) is 0 Å². The summed E-state index contributed by atoms with van der Waals surface area (Å²) in [6.45, 7) is 0. The van der Waals surface area contributed by atoms with Gasteiger partial charge in [0.1, 0.15) is 11.4 Å². The van der Waals surface area contributed by atoms with Crippen molar-refractivity contribution in [3.8, 4) is 0 Å². The van der Waals surface area contributed by atoms with Crippen LogP contribution < -0.4 is 11.1 Å². The predicted molar refractivity (Wildman–Crippen MR) is 86.1 cm³/mol. The molecule has 0 radical (unpaired) electrons. The van der Waals surface area contributed by atoms with Gasteiger partial charge in [-0.25, -0.2) is 13.4 Å². The number of nitrogens with zero attached hydrogens (tertiary/aromatic N) is 2. The largest absolute Gasteiger partial charge is 0.365 e. The molecule has 0 spiro atoms. The summed E-state index contributed by atoms with van der Waals surface area (Å²) in [6, 6.07) is 7.28. The van der Waals surface area contributed by atoms with E-state index in [2.05, 4.69) is 37.9 Å². The molecule has 0 atom stereocenters. The minimum atomic E-state index is -3.58. The van der Waals surface area contributed by atoms with Crippen molar-refractivity contribution < 1.29 is 13.2 Å². The molecule has 0 unspecified atom stereocenters. The molecule has 21 heavy (non-hydrogen) atoms. The molecule has 2 rings (SSSR count).